The van der Waals surface area contributed by atoms with Crippen molar-refractivity contribution in [3.63, 3.8) is 0 Å². The largest absolute Gasteiger partial charge is 0.352 e. The number of carbonyl (C=O) groups excluding carboxylic acids is 1. The molecule has 3 N–H and O–H groups in total. The smallest absolute Gasteiger partial charge is 0.222 e. The third kappa shape index (κ3) is 4.20. The van der Waals surface area contributed by atoms with Crippen LogP contribution in [0.1, 0.15) is 24.9 Å². The summed E-state index contributed by atoms with van der Waals surface area (Å²) in [6, 6.07) is 11.3. The van der Waals surface area contributed by atoms with Crippen molar-refractivity contribution in [2.24, 2.45) is 5.73 Å². The minimum atomic E-state index is -0.270. The Bertz CT molecular complexity index is 524. The Labute approximate surface area is 118 Å². The molecule has 20 heavy (non-hydrogen) atoms. The van der Waals surface area contributed by atoms with Crippen LogP contribution in [0.25, 0.3) is 0 Å². The molecule has 106 valence electrons. The molecule has 1 heterocycles. The Balaban J connectivity index is 1.80. The molecular formula is C15H20N4O. The Morgan fingerprint density at radius 3 is 2.75 bits per heavy atom. The van der Waals surface area contributed by atoms with Crippen molar-refractivity contribution < 1.29 is 4.79 Å². The first-order valence-electron chi connectivity index (χ1n) is 6.72. The van der Waals surface area contributed by atoms with Gasteiger partial charge in [0, 0.05) is 30.9 Å². The minimum absolute atomic E-state index is 0.0189. The minimum Gasteiger partial charge on any atom is -0.352 e. The molecule has 1 aromatic heterocycles. The number of rotatable bonds is 6. The number of benzene rings is 1. The highest BCUT2D eigenvalue weighted by Crippen LogP contribution is 2.12. The van der Waals surface area contributed by atoms with Gasteiger partial charge in [-0.25, -0.2) is 0 Å². The fourth-order valence-electron chi connectivity index (χ4n) is 2.09. The van der Waals surface area contributed by atoms with E-state index < -0.39 is 0 Å². The van der Waals surface area contributed by atoms with Crippen LogP contribution in [-0.4, -0.2) is 21.7 Å². The lowest BCUT2D eigenvalue weighted by Crippen LogP contribution is -2.37. The zero-order valence-electron chi connectivity index (χ0n) is 11.6. The third-order valence-electron chi connectivity index (χ3n) is 3.06. The monoisotopic (exact) mass is 272 g/mol. The van der Waals surface area contributed by atoms with Crippen molar-refractivity contribution in [2.75, 3.05) is 0 Å². The number of hydrogen-bond donors (Lipinski definition) is 2. The topological polar surface area (TPSA) is 72.9 Å². The average molecular weight is 272 g/mol. The van der Waals surface area contributed by atoms with Gasteiger partial charge >= 0.3 is 0 Å². The van der Waals surface area contributed by atoms with Crippen LogP contribution >= 0.6 is 0 Å². The van der Waals surface area contributed by atoms with Gasteiger partial charge in [-0.2, -0.15) is 5.10 Å². The lowest BCUT2D eigenvalue weighted by molar-refractivity contribution is -0.122. The zero-order valence-corrected chi connectivity index (χ0v) is 11.6. The van der Waals surface area contributed by atoms with E-state index >= 15 is 0 Å². The van der Waals surface area contributed by atoms with Gasteiger partial charge in [-0.3, -0.25) is 9.48 Å². The standard InChI is InChI=1S/C15H20N4O/c1-12(11-19-9-5-8-17-19)18-15(20)10-14(16)13-6-3-2-4-7-13/h2-9,12,14H,10-11,16H2,1H3,(H,18,20). The highest BCUT2D eigenvalue weighted by Gasteiger charge is 2.13. The molecule has 0 aliphatic heterocycles. The first-order valence-corrected chi connectivity index (χ1v) is 6.72. The molecule has 0 bridgehead atoms. The van der Waals surface area contributed by atoms with E-state index in [2.05, 4.69) is 10.4 Å². The fourth-order valence-corrected chi connectivity index (χ4v) is 2.09. The number of aromatic nitrogens is 2. The molecule has 0 radical (unpaired) electrons. The number of hydrogen-bond acceptors (Lipinski definition) is 3. The summed E-state index contributed by atoms with van der Waals surface area (Å²) >= 11 is 0. The van der Waals surface area contributed by atoms with Crippen molar-refractivity contribution in [1.29, 1.82) is 0 Å². The van der Waals surface area contributed by atoms with Crippen LogP contribution in [0.2, 0.25) is 0 Å². The number of nitrogens with zero attached hydrogens (tertiary/aromatic N) is 2. The maximum Gasteiger partial charge on any atom is 0.222 e. The van der Waals surface area contributed by atoms with Gasteiger partial charge in [0.15, 0.2) is 0 Å². The summed E-state index contributed by atoms with van der Waals surface area (Å²) in [6.45, 7) is 2.60. The molecule has 0 aliphatic rings. The van der Waals surface area contributed by atoms with E-state index in [4.69, 9.17) is 5.73 Å². The van der Waals surface area contributed by atoms with Crippen LogP contribution < -0.4 is 11.1 Å². The van der Waals surface area contributed by atoms with Gasteiger partial charge in [0.2, 0.25) is 5.91 Å². The van der Waals surface area contributed by atoms with Crippen LogP contribution in [0.3, 0.4) is 0 Å². The van der Waals surface area contributed by atoms with Gasteiger partial charge in [0.25, 0.3) is 0 Å². The molecule has 1 amide bonds. The number of nitrogens with one attached hydrogen (secondary N) is 1. The predicted octanol–water partition coefficient (Wildman–Crippen LogP) is 1.48. The van der Waals surface area contributed by atoms with Crippen LogP contribution in [0.4, 0.5) is 0 Å². The maximum absolute atomic E-state index is 11.9. The van der Waals surface area contributed by atoms with Crippen molar-refractivity contribution in [2.45, 2.75) is 32.0 Å². The highest BCUT2D eigenvalue weighted by molar-refractivity contribution is 5.77. The molecule has 2 atom stereocenters. The Morgan fingerprint density at radius 2 is 2.10 bits per heavy atom. The maximum atomic E-state index is 11.9. The quantitative estimate of drug-likeness (QED) is 0.836. The molecule has 5 nitrogen and oxygen atoms in total. The SMILES string of the molecule is CC(Cn1cccn1)NC(=O)CC(N)c1ccccc1. The molecule has 0 fully saturated rings. The third-order valence-corrected chi connectivity index (χ3v) is 3.06. The molecule has 2 unspecified atom stereocenters. The Hall–Kier alpha value is -2.14. The second kappa shape index (κ2) is 6.86. The van der Waals surface area contributed by atoms with Crippen LogP contribution in [-0.2, 0) is 11.3 Å². The Kier molecular flexibility index (Phi) is 4.90. The summed E-state index contributed by atoms with van der Waals surface area (Å²) in [5.41, 5.74) is 7.00. The van der Waals surface area contributed by atoms with E-state index in [0.29, 0.717) is 6.54 Å². The summed E-state index contributed by atoms with van der Waals surface area (Å²) in [4.78, 5) is 11.9. The summed E-state index contributed by atoms with van der Waals surface area (Å²) in [5, 5.41) is 7.05. The number of nitrogens with two attached hydrogens (primary N) is 1. The van der Waals surface area contributed by atoms with Gasteiger partial charge in [-0.15, -0.1) is 0 Å². The number of carbonyl (C=O) groups is 1. The summed E-state index contributed by atoms with van der Waals surface area (Å²) in [5.74, 6) is -0.0407. The zero-order chi connectivity index (χ0) is 14.4. The van der Waals surface area contributed by atoms with E-state index in [1.54, 1.807) is 10.9 Å². The molecule has 2 aromatic rings. The molecular weight excluding hydrogens is 252 g/mol. The molecule has 0 saturated carbocycles. The van der Waals surface area contributed by atoms with Crippen LogP contribution in [0, 0.1) is 0 Å². The summed E-state index contributed by atoms with van der Waals surface area (Å²) in [6.07, 6.45) is 3.88. The second-order valence-corrected chi connectivity index (χ2v) is 4.92. The van der Waals surface area contributed by atoms with Crippen molar-refractivity contribution in [1.82, 2.24) is 15.1 Å². The number of amides is 1. The molecule has 0 saturated heterocycles. The fraction of sp³-hybridized carbons (Fsp3) is 0.333. The van der Waals surface area contributed by atoms with Crippen molar-refractivity contribution >= 4 is 5.91 Å². The molecule has 2 rings (SSSR count). The summed E-state index contributed by atoms with van der Waals surface area (Å²) in [7, 11) is 0. The van der Waals surface area contributed by atoms with Gasteiger partial charge in [0.1, 0.15) is 0 Å². The molecule has 5 heteroatoms. The molecule has 0 spiro atoms. The second-order valence-electron chi connectivity index (χ2n) is 4.92. The van der Waals surface area contributed by atoms with Crippen molar-refractivity contribution in [3.8, 4) is 0 Å². The first kappa shape index (κ1) is 14.3. The van der Waals surface area contributed by atoms with E-state index in [-0.39, 0.29) is 24.4 Å². The Morgan fingerprint density at radius 1 is 1.35 bits per heavy atom. The van der Waals surface area contributed by atoms with Gasteiger partial charge in [-0.1, -0.05) is 30.3 Å². The van der Waals surface area contributed by atoms with Crippen LogP contribution in [0.15, 0.2) is 48.8 Å². The lowest BCUT2D eigenvalue weighted by atomic mass is 10.0. The van der Waals surface area contributed by atoms with E-state index in [1.165, 1.54) is 0 Å². The van der Waals surface area contributed by atoms with E-state index in [1.807, 2.05) is 49.5 Å². The summed E-state index contributed by atoms with van der Waals surface area (Å²) < 4.78 is 1.79. The normalized spacial score (nSPS) is 13.7. The lowest BCUT2D eigenvalue weighted by Gasteiger charge is -2.16. The van der Waals surface area contributed by atoms with Gasteiger partial charge in [0.05, 0.1) is 6.54 Å². The first-order chi connectivity index (χ1) is 9.65. The average Bonchev–Trinajstić information content (AvgIpc) is 2.92. The molecule has 1 aromatic carbocycles. The van der Waals surface area contributed by atoms with E-state index in [9.17, 15) is 4.79 Å². The van der Waals surface area contributed by atoms with Crippen molar-refractivity contribution in [3.05, 3.63) is 54.4 Å². The van der Waals surface area contributed by atoms with Gasteiger partial charge < -0.3 is 11.1 Å². The van der Waals surface area contributed by atoms with Crippen LogP contribution in [0.5, 0.6) is 0 Å². The predicted molar refractivity (Wildman–Crippen MR) is 77.8 cm³/mol. The van der Waals surface area contributed by atoms with Gasteiger partial charge in [-0.05, 0) is 18.6 Å². The molecule has 0 aliphatic carbocycles. The van der Waals surface area contributed by atoms with E-state index in [0.717, 1.165) is 5.56 Å². The highest BCUT2D eigenvalue weighted by atomic mass is 16.1.